The van der Waals surface area contributed by atoms with Gasteiger partial charge in [0, 0.05) is 15.3 Å². The van der Waals surface area contributed by atoms with Gasteiger partial charge in [-0.25, -0.2) is 0 Å². The van der Waals surface area contributed by atoms with Crippen LogP contribution >= 0.6 is 11.3 Å². The minimum atomic E-state index is -4.36. The third-order valence-corrected chi connectivity index (χ3v) is 3.42. The van der Waals surface area contributed by atoms with Gasteiger partial charge in [0.2, 0.25) is 0 Å². The average molecular weight is 258 g/mol. The van der Waals surface area contributed by atoms with Crippen molar-refractivity contribution in [1.29, 1.82) is 0 Å². The molecule has 0 saturated heterocycles. The summed E-state index contributed by atoms with van der Waals surface area (Å²) in [6.45, 7) is -0.154. The van der Waals surface area contributed by atoms with Crippen molar-refractivity contribution in [3.63, 3.8) is 0 Å². The number of hydrogen-bond acceptors (Lipinski definition) is 2. The molecule has 0 bridgehead atoms. The van der Waals surface area contributed by atoms with E-state index in [0.29, 0.717) is 9.75 Å². The number of thiophene rings is 1. The van der Waals surface area contributed by atoms with Gasteiger partial charge in [-0.2, -0.15) is 13.2 Å². The summed E-state index contributed by atoms with van der Waals surface area (Å²) in [5.41, 5.74) is -0.490. The fraction of sp³-hybridized carbons (Fsp3) is 0.167. The minimum Gasteiger partial charge on any atom is -0.391 e. The van der Waals surface area contributed by atoms with Gasteiger partial charge in [-0.15, -0.1) is 11.3 Å². The summed E-state index contributed by atoms with van der Waals surface area (Å²) < 4.78 is 38.3. The van der Waals surface area contributed by atoms with E-state index < -0.39 is 11.7 Å². The highest BCUT2D eigenvalue weighted by Gasteiger charge is 2.33. The van der Waals surface area contributed by atoms with Crippen LogP contribution < -0.4 is 0 Å². The number of aliphatic hydroxyl groups excluding tert-OH is 1. The summed E-state index contributed by atoms with van der Waals surface area (Å²) in [5, 5.41) is 8.92. The first-order valence-electron chi connectivity index (χ1n) is 4.88. The molecule has 1 aromatic carbocycles. The van der Waals surface area contributed by atoms with E-state index in [1.54, 1.807) is 18.2 Å². The Hall–Kier alpha value is -1.33. The van der Waals surface area contributed by atoms with E-state index in [1.165, 1.54) is 23.5 Å². The molecular formula is C12H9F3OS. The maximum Gasteiger partial charge on any atom is 0.417 e. The smallest absolute Gasteiger partial charge is 0.391 e. The first-order chi connectivity index (χ1) is 8.02. The zero-order chi connectivity index (χ0) is 12.5. The highest BCUT2D eigenvalue weighted by atomic mass is 32.1. The monoisotopic (exact) mass is 258 g/mol. The Morgan fingerprint density at radius 3 is 2.35 bits per heavy atom. The third kappa shape index (κ3) is 2.50. The summed E-state index contributed by atoms with van der Waals surface area (Å²) in [7, 11) is 0. The summed E-state index contributed by atoms with van der Waals surface area (Å²) in [6.07, 6.45) is -4.36. The average Bonchev–Trinajstić information content (AvgIpc) is 2.76. The van der Waals surface area contributed by atoms with Gasteiger partial charge in [0.05, 0.1) is 12.2 Å². The molecule has 0 fully saturated rings. The molecule has 0 atom stereocenters. The highest BCUT2D eigenvalue weighted by molar-refractivity contribution is 7.15. The molecule has 17 heavy (non-hydrogen) atoms. The minimum absolute atomic E-state index is 0.154. The van der Waals surface area contributed by atoms with Gasteiger partial charge in [-0.1, -0.05) is 18.2 Å². The lowest BCUT2D eigenvalue weighted by Crippen LogP contribution is -2.06. The van der Waals surface area contributed by atoms with Crippen molar-refractivity contribution >= 4 is 11.3 Å². The van der Waals surface area contributed by atoms with E-state index in [2.05, 4.69) is 0 Å². The van der Waals surface area contributed by atoms with Gasteiger partial charge in [-0.3, -0.25) is 0 Å². The zero-order valence-corrected chi connectivity index (χ0v) is 9.48. The Labute approximate surface area is 100 Å². The maximum atomic E-state index is 12.8. The Bertz CT molecular complexity index is 516. The fourth-order valence-electron chi connectivity index (χ4n) is 1.55. The van der Waals surface area contributed by atoms with Crippen LogP contribution in [0.3, 0.4) is 0 Å². The molecular weight excluding hydrogens is 249 g/mol. The zero-order valence-electron chi connectivity index (χ0n) is 8.66. The molecule has 0 spiro atoms. The largest absolute Gasteiger partial charge is 0.417 e. The summed E-state index contributed by atoms with van der Waals surface area (Å²) >= 11 is 1.17. The van der Waals surface area contributed by atoms with E-state index in [9.17, 15) is 13.2 Å². The van der Waals surface area contributed by atoms with Gasteiger partial charge < -0.3 is 5.11 Å². The molecule has 1 nitrogen and oxygen atoms in total. The van der Waals surface area contributed by atoms with Gasteiger partial charge >= 0.3 is 6.18 Å². The van der Waals surface area contributed by atoms with Crippen LogP contribution in [0.4, 0.5) is 13.2 Å². The number of benzene rings is 1. The van der Waals surface area contributed by atoms with E-state index in [0.717, 1.165) is 6.07 Å². The molecule has 2 rings (SSSR count). The lowest BCUT2D eigenvalue weighted by Gasteiger charge is -2.11. The van der Waals surface area contributed by atoms with Gasteiger partial charge in [-0.05, 0) is 18.2 Å². The van der Waals surface area contributed by atoms with Crippen LogP contribution in [0.5, 0.6) is 0 Å². The summed E-state index contributed by atoms with van der Waals surface area (Å²) in [6, 6.07) is 8.67. The van der Waals surface area contributed by atoms with Crippen molar-refractivity contribution in [2.45, 2.75) is 12.8 Å². The first-order valence-corrected chi connectivity index (χ1v) is 5.70. The molecule has 0 saturated carbocycles. The van der Waals surface area contributed by atoms with E-state index in [1.807, 2.05) is 0 Å². The van der Waals surface area contributed by atoms with Crippen LogP contribution in [0.2, 0.25) is 0 Å². The first kappa shape index (κ1) is 12.1. The quantitative estimate of drug-likeness (QED) is 0.865. The van der Waals surface area contributed by atoms with Crippen molar-refractivity contribution in [1.82, 2.24) is 0 Å². The Morgan fingerprint density at radius 1 is 1.06 bits per heavy atom. The molecule has 1 heterocycles. The second-order valence-electron chi connectivity index (χ2n) is 3.47. The van der Waals surface area contributed by atoms with Crippen molar-refractivity contribution in [3.8, 4) is 10.4 Å². The molecule has 0 aliphatic heterocycles. The van der Waals surface area contributed by atoms with Crippen LogP contribution in [0, 0.1) is 0 Å². The molecule has 1 aromatic heterocycles. The van der Waals surface area contributed by atoms with Crippen molar-refractivity contribution in [2.24, 2.45) is 0 Å². The molecule has 0 unspecified atom stereocenters. The van der Waals surface area contributed by atoms with Crippen LogP contribution in [0.25, 0.3) is 10.4 Å². The van der Waals surface area contributed by atoms with Gasteiger partial charge in [0.25, 0.3) is 0 Å². The van der Waals surface area contributed by atoms with E-state index >= 15 is 0 Å². The molecule has 0 aliphatic carbocycles. The predicted octanol–water partition coefficient (Wildman–Crippen LogP) is 3.93. The van der Waals surface area contributed by atoms with Crippen LogP contribution in [0.1, 0.15) is 10.4 Å². The molecule has 1 N–H and O–H groups in total. The molecule has 0 radical (unpaired) electrons. The predicted molar refractivity (Wildman–Crippen MR) is 60.7 cm³/mol. The van der Waals surface area contributed by atoms with Crippen molar-refractivity contribution < 1.29 is 18.3 Å². The SMILES string of the molecule is OCc1ccc(-c2ccccc2C(F)(F)F)s1. The van der Waals surface area contributed by atoms with Crippen LogP contribution in [-0.4, -0.2) is 5.11 Å². The van der Waals surface area contributed by atoms with Crippen LogP contribution in [0.15, 0.2) is 36.4 Å². The Balaban J connectivity index is 2.52. The maximum absolute atomic E-state index is 12.8. The summed E-state index contributed by atoms with van der Waals surface area (Å²) in [5.74, 6) is 0. The second kappa shape index (κ2) is 4.50. The van der Waals surface area contributed by atoms with Crippen molar-refractivity contribution in [3.05, 3.63) is 46.8 Å². The molecule has 2 aromatic rings. The topological polar surface area (TPSA) is 20.2 Å². The van der Waals surface area contributed by atoms with E-state index in [-0.39, 0.29) is 12.2 Å². The standard InChI is InChI=1S/C12H9F3OS/c13-12(14,15)10-4-2-1-3-9(10)11-6-5-8(7-16)17-11/h1-6,16H,7H2. The second-order valence-corrected chi connectivity index (χ2v) is 4.64. The third-order valence-electron chi connectivity index (χ3n) is 2.32. The number of alkyl halides is 3. The lowest BCUT2D eigenvalue weighted by molar-refractivity contribution is -0.137. The highest BCUT2D eigenvalue weighted by Crippen LogP contribution is 2.39. The van der Waals surface area contributed by atoms with Crippen LogP contribution in [-0.2, 0) is 12.8 Å². The lowest BCUT2D eigenvalue weighted by atomic mass is 10.1. The summed E-state index contributed by atoms with van der Waals surface area (Å²) in [4.78, 5) is 1.17. The fourth-order valence-corrected chi connectivity index (χ4v) is 2.46. The number of rotatable bonds is 2. The molecule has 90 valence electrons. The number of halogens is 3. The van der Waals surface area contributed by atoms with E-state index in [4.69, 9.17) is 5.11 Å². The van der Waals surface area contributed by atoms with Crippen molar-refractivity contribution in [2.75, 3.05) is 0 Å². The van der Waals surface area contributed by atoms with Gasteiger partial charge in [0.15, 0.2) is 0 Å². The molecule has 0 aliphatic rings. The normalized spacial score (nSPS) is 11.8. The molecule has 0 amide bonds. The number of aliphatic hydroxyl groups is 1. The number of hydrogen-bond donors (Lipinski definition) is 1. The Morgan fingerprint density at radius 2 is 1.76 bits per heavy atom. The van der Waals surface area contributed by atoms with Gasteiger partial charge in [0.1, 0.15) is 0 Å². The molecule has 5 heteroatoms. The Kier molecular flexibility index (Phi) is 3.22.